The van der Waals surface area contributed by atoms with Crippen molar-refractivity contribution in [3.05, 3.63) is 42.7 Å². The number of aliphatic hydroxyl groups excluding tert-OH is 1. The van der Waals surface area contributed by atoms with E-state index in [1.54, 1.807) is 12.4 Å². The number of hydrogen-bond acceptors (Lipinski definition) is 4. The van der Waals surface area contributed by atoms with Gasteiger partial charge < -0.3 is 15.7 Å². The smallest absolute Gasteiger partial charge is 0.319 e. The van der Waals surface area contributed by atoms with Crippen LogP contribution in [0.4, 0.5) is 10.5 Å². The molecular weight excluding hydrogens is 292 g/mol. The zero-order valence-corrected chi connectivity index (χ0v) is 13.4. The van der Waals surface area contributed by atoms with E-state index in [4.69, 9.17) is 5.11 Å². The van der Waals surface area contributed by atoms with Gasteiger partial charge in [-0.05, 0) is 19.8 Å². The number of hydrogen-bond donors (Lipinski definition) is 3. The van der Waals surface area contributed by atoms with Gasteiger partial charge in [0, 0.05) is 17.7 Å². The molecule has 1 heterocycles. The fraction of sp³-hybridized carbons (Fsp3) is 0.353. The van der Waals surface area contributed by atoms with Crippen LogP contribution in [0.2, 0.25) is 0 Å². The third-order valence-electron chi connectivity index (χ3n) is 3.80. The lowest BCUT2D eigenvalue weighted by atomic mass is 9.95. The van der Waals surface area contributed by atoms with Crippen LogP contribution in [-0.2, 0) is 0 Å². The topological polar surface area (TPSA) is 87.1 Å². The molecule has 0 aliphatic heterocycles. The summed E-state index contributed by atoms with van der Waals surface area (Å²) in [6, 6.07) is 9.29. The second-order valence-corrected chi connectivity index (χ2v) is 5.63. The van der Waals surface area contributed by atoms with E-state index in [2.05, 4.69) is 20.6 Å². The van der Waals surface area contributed by atoms with E-state index in [-0.39, 0.29) is 12.6 Å². The van der Waals surface area contributed by atoms with Crippen LogP contribution < -0.4 is 10.6 Å². The number of carbonyl (C=O) groups is 1. The molecule has 0 bridgehead atoms. The summed E-state index contributed by atoms with van der Waals surface area (Å²) in [7, 11) is 0. The van der Waals surface area contributed by atoms with Crippen LogP contribution in [0.5, 0.6) is 0 Å². The number of benzene rings is 1. The minimum absolute atomic E-state index is 0.0273. The van der Waals surface area contributed by atoms with Gasteiger partial charge >= 0.3 is 6.03 Å². The quantitative estimate of drug-likeness (QED) is 0.765. The largest absolute Gasteiger partial charge is 0.396 e. The van der Waals surface area contributed by atoms with Crippen LogP contribution in [0.3, 0.4) is 0 Å². The number of aliphatic hydroxyl groups is 1. The van der Waals surface area contributed by atoms with Crippen molar-refractivity contribution in [1.82, 2.24) is 15.3 Å². The van der Waals surface area contributed by atoms with Gasteiger partial charge in [-0.1, -0.05) is 37.3 Å². The predicted molar refractivity (Wildman–Crippen MR) is 90.0 cm³/mol. The minimum Gasteiger partial charge on any atom is -0.396 e. The molecule has 23 heavy (non-hydrogen) atoms. The monoisotopic (exact) mass is 314 g/mol. The second kappa shape index (κ2) is 7.69. The first-order chi connectivity index (χ1) is 11.1. The maximum Gasteiger partial charge on any atom is 0.319 e. The average molecular weight is 314 g/mol. The van der Waals surface area contributed by atoms with Gasteiger partial charge in [0.25, 0.3) is 0 Å². The lowest BCUT2D eigenvalue weighted by Crippen LogP contribution is -2.48. The third kappa shape index (κ3) is 4.75. The Balaban J connectivity index is 1.99. The van der Waals surface area contributed by atoms with Gasteiger partial charge in [-0.2, -0.15) is 0 Å². The molecular formula is C17H22N4O2. The van der Waals surface area contributed by atoms with Gasteiger partial charge in [0.05, 0.1) is 18.1 Å². The van der Waals surface area contributed by atoms with E-state index in [1.807, 2.05) is 44.2 Å². The SMILES string of the molecule is CCC(C)(CCO)NC(=O)Nc1cnc(-c2ccccc2)nc1. The number of urea groups is 1. The summed E-state index contributed by atoms with van der Waals surface area (Å²) >= 11 is 0. The van der Waals surface area contributed by atoms with E-state index in [0.29, 0.717) is 17.9 Å². The molecule has 2 aromatic rings. The summed E-state index contributed by atoms with van der Waals surface area (Å²) in [5, 5.41) is 14.7. The van der Waals surface area contributed by atoms with Crippen LogP contribution in [0.15, 0.2) is 42.7 Å². The van der Waals surface area contributed by atoms with Crippen molar-refractivity contribution in [2.24, 2.45) is 0 Å². The highest BCUT2D eigenvalue weighted by Crippen LogP contribution is 2.16. The highest BCUT2D eigenvalue weighted by molar-refractivity contribution is 5.89. The minimum atomic E-state index is -0.441. The van der Waals surface area contributed by atoms with Crippen molar-refractivity contribution in [3.8, 4) is 11.4 Å². The molecule has 0 radical (unpaired) electrons. The molecule has 0 spiro atoms. The molecule has 3 N–H and O–H groups in total. The third-order valence-corrected chi connectivity index (χ3v) is 3.80. The molecule has 2 rings (SSSR count). The molecule has 1 aromatic carbocycles. The van der Waals surface area contributed by atoms with Gasteiger partial charge in [-0.15, -0.1) is 0 Å². The molecule has 0 fully saturated rings. The van der Waals surface area contributed by atoms with Crippen molar-refractivity contribution >= 4 is 11.7 Å². The van der Waals surface area contributed by atoms with Gasteiger partial charge in [0.2, 0.25) is 0 Å². The Bertz CT molecular complexity index is 631. The van der Waals surface area contributed by atoms with Gasteiger partial charge in [-0.3, -0.25) is 0 Å². The maximum atomic E-state index is 12.1. The van der Waals surface area contributed by atoms with Crippen molar-refractivity contribution < 1.29 is 9.90 Å². The number of nitrogens with one attached hydrogen (secondary N) is 2. The summed E-state index contributed by atoms with van der Waals surface area (Å²) in [5.74, 6) is 0.607. The van der Waals surface area contributed by atoms with Crippen LogP contribution in [-0.4, -0.2) is 33.3 Å². The predicted octanol–water partition coefficient (Wildman–Crippen LogP) is 2.82. The maximum absolute atomic E-state index is 12.1. The molecule has 1 aromatic heterocycles. The summed E-state index contributed by atoms with van der Waals surface area (Å²) in [6.07, 6.45) is 4.37. The highest BCUT2D eigenvalue weighted by atomic mass is 16.3. The van der Waals surface area contributed by atoms with Crippen molar-refractivity contribution in [2.45, 2.75) is 32.2 Å². The zero-order chi connectivity index (χ0) is 16.7. The van der Waals surface area contributed by atoms with Gasteiger partial charge in [0.15, 0.2) is 5.82 Å². The lowest BCUT2D eigenvalue weighted by molar-refractivity contribution is 0.208. The van der Waals surface area contributed by atoms with E-state index in [9.17, 15) is 4.79 Å². The molecule has 122 valence electrons. The normalized spacial score (nSPS) is 13.2. The number of rotatable bonds is 6. The fourth-order valence-electron chi connectivity index (χ4n) is 2.14. The van der Waals surface area contributed by atoms with Crippen molar-refractivity contribution in [3.63, 3.8) is 0 Å². The first-order valence-electron chi connectivity index (χ1n) is 7.64. The first-order valence-corrected chi connectivity index (χ1v) is 7.64. The molecule has 1 atom stereocenters. The van der Waals surface area contributed by atoms with E-state index >= 15 is 0 Å². The zero-order valence-electron chi connectivity index (χ0n) is 13.4. The molecule has 0 saturated heterocycles. The molecule has 0 aliphatic rings. The summed E-state index contributed by atoms with van der Waals surface area (Å²) in [6.45, 7) is 3.89. The Morgan fingerprint density at radius 3 is 2.43 bits per heavy atom. The van der Waals surface area contributed by atoms with Crippen LogP contribution in [0.1, 0.15) is 26.7 Å². The molecule has 6 nitrogen and oxygen atoms in total. The Hall–Kier alpha value is -2.47. The number of amides is 2. The Labute approximate surface area is 136 Å². The molecule has 2 amide bonds. The molecule has 0 saturated carbocycles. The van der Waals surface area contributed by atoms with Gasteiger partial charge in [-0.25, -0.2) is 14.8 Å². The van der Waals surface area contributed by atoms with Crippen LogP contribution in [0.25, 0.3) is 11.4 Å². The van der Waals surface area contributed by atoms with E-state index in [1.165, 1.54) is 0 Å². The lowest BCUT2D eigenvalue weighted by Gasteiger charge is -2.28. The second-order valence-electron chi connectivity index (χ2n) is 5.63. The number of nitrogens with zero attached hydrogens (tertiary/aromatic N) is 2. The molecule has 6 heteroatoms. The standard InChI is InChI=1S/C17H22N4O2/c1-3-17(2,9-10-22)21-16(23)20-14-11-18-15(19-12-14)13-7-5-4-6-8-13/h4-8,11-12,22H,3,9-10H2,1-2H3,(H2,20,21,23). The summed E-state index contributed by atoms with van der Waals surface area (Å²) in [4.78, 5) is 20.6. The average Bonchev–Trinajstić information content (AvgIpc) is 2.56. The van der Waals surface area contributed by atoms with Crippen LogP contribution >= 0.6 is 0 Å². The summed E-state index contributed by atoms with van der Waals surface area (Å²) < 4.78 is 0. The highest BCUT2D eigenvalue weighted by Gasteiger charge is 2.23. The number of aromatic nitrogens is 2. The fourth-order valence-corrected chi connectivity index (χ4v) is 2.14. The van der Waals surface area contributed by atoms with Crippen molar-refractivity contribution in [2.75, 3.05) is 11.9 Å². The number of carbonyl (C=O) groups excluding carboxylic acids is 1. The summed E-state index contributed by atoms with van der Waals surface area (Å²) in [5.41, 5.74) is 0.999. The Morgan fingerprint density at radius 2 is 1.87 bits per heavy atom. The number of anilines is 1. The Morgan fingerprint density at radius 1 is 1.22 bits per heavy atom. The molecule has 1 unspecified atom stereocenters. The van der Waals surface area contributed by atoms with Crippen LogP contribution in [0, 0.1) is 0 Å². The Kier molecular flexibility index (Phi) is 5.65. The van der Waals surface area contributed by atoms with E-state index < -0.39 is 5.54 Å². The van der Waals surface area contributed by atoms with Crippen molar-refractivity contribution in [1.29, 1.82) is 0 Å². The molecule has 0 aliphatic carbocycles. The first kappa shape index (κ1) is 16.9. The van der Waals surface area contributed by atoms with Gasteiger partial charge in [0.1, 0.15) is 0 Å². The van der Waals surface area contributed by atoms with E-state index in [0.717, 1.165) is 12.0 Å².